The van der Waals surface area contributed by atoms with Crippen molar-refractivity contribution in [2.45, 2.75) is 19.8 Å². The Hall–Kier alpha value is -3.51. The minimum Gasteiger partial charge on any atom is -0.497 e. The molecule has 0 bridgehead atoms. The van der Waals surface area contributed by atoms with Crippen LogP contribution in [0.4, 0.5) is 0 Å². The van der Waals surface area contributed by atoms with Gasteiger partial charge in [-0.2, -0.15) is 0 Å². The molecule has 180 valence electrons. The smallest absolute Gasteiger partial charge is 0.193 e. The third-order valence-electron chi connectivity index (χ3n) is 5.60. The van der Waals surface area contributed by atoms with E-state index in [2.05, 4.69) is 22.9 Å². The van der Waals surface area contributed by atoms with E-state index in [1.807, 2.05) is 48.6 Å². The maximum atomic E-state index is 12.9. The number of rotatable bonds is 9. The molecule has 0 unspecified atom stereocenters. The van der Waals surface area contributed by atoms with Crippen molar-refractivity contribution < 1.29 is 18.6 Å². The molecular formula is C29H27BrO5. The van der Waals surface area contributed by atoms with E-state index in [4.69, 9.17) is 18.6 Å². The van der Waals surface area contributed by atoms with E-state index < -0.39 is 0 Å². The normalized spacial score (nSPS) is 11.2. The molecule has 0 saturated carbocycles. The van der Waals surface area contributed by atoms with Crippen molar-refractivity contribution in [3.05, 3.63) is 86.5 Å². The van der Waals surface area contributed by atoms with Crippen LogP contribution in [0.1, 0.15) is 30.9 Å². The molecule has 4 rings (SSSR count). The van der Waals surface area contributed by atoms with Crippen LogP contribution in [0.5, 0.6) is 17.2 Å². The molecule has 0 radical (unpaired) electrons. The number of benzene rings is 3. The number of ether oxygens (including phenoxy) is 3. The Kier molecular flexibility index (Phi) is 7.93. The highest BCUT2D eigenvalue weighted by molar-refractivity contribution is 9.10. The summed E-state index contributed by atoms with van der Waals surface area (Å²) in [6.07, 6.45) is 6.08. The summed E-state index contributed by atoms with van der Waals surface area (Å²) in [5.74, 6) is 2.45. The predicted molar refractivity (Wildman–Crippen MR) is 144 cm³/mol. The molecule has 4 aromatic rings. The SMILES string of the molecule is CCCCOc1ccc(C=Cc2cc(OC)cc(OC)c2-c2cc(=O)c3cc(Br)ccc3o2)cc1. The Balaban J connectivity index is 1.76. The lowest BCUT2D eigenvalue weighted by molar-refractivity contribution is 0.309. The van der Waals surface area contributed by atoms with E-state index in [9.17, 15) is 4.79 Å². The van der Waals surface area contributed by atoms with E-state index in [1.165, 1.54) is 6.07 Å². The topological polar surface area (TPSA) is 57.9 Å². The Morgan fingerprint density at radius 2 is 1.71 bits per heavy atom. The fourth-order valence-electron chi connectivity index (χ4n) is 3.73. The van der Waals surface area contributed by atoms with Gasteiger partial charge in [-0.3, -0.25) is 4.79 Å². The van der Waals surface area contributed by atoms with Gasteiger partial charge in [0.1, 0.15) is 28.6 Å². The Labute approximate surface area is 213 Å². The zero-order chi connectivity index (χ0) is 24.8. The van der Waals surface area contributed by atoms with Gasteiger partial charge in [-0.05, 0) is 53.9 Å². The first kappa shape index (κ1) is 24.6. The zero-order valence-electron chi connectivity index (χ0n) is 20.0. The van der Waals surface area contributed by atoms with Gasteiger partial charge in [0.2, 0.25) is 0 Å². The van der Waals surface area contributed by atoms with Crippen molar-refractivity contribution in [2.75, 3.05) is 20.8 Å². The molecule has 0 aliphatic rings. The van der Waals surface area contributed by atoms with Gasteiger partial charge in [0.05, 0.1) is 31.8 Å². The third-order valence-corrected chi connectivity index (χ3v) is 6.09. The highest BCUT2D eigenvalue weighted by atomic mass is 79.9. The minimum atomic E-state index is -0.131. The van der Waals surface area contributed by atoms with Crippen molar-refractivity contribution in [3.63, 3.8) is 0 Å². The summed E-state index contributed by atoms with van der Waals surface area (Å²) in [5.41, 5.74) is 2.84. The molecule has 0 amide bonds. The van der Waals surface area contributed by atoms with Crippen LogP contribution in [-0.4, -0.2) is 20.8 Å². The lowest BCUT2D eigenvalue weighted by atomic mass is 10.0. The van der Waals surface area contributed by atoms with Crippen molar-refractivity contribution in [1.82, 2.24) is 0 Å². The molecule has 35 heavy (non-hydrogen) atoms. The quantitative estimate of drug-likeness (QED) is 0.163. The van der Waals surface area contributed by atoms with Crippen LogP contribution < -0.4 is 19.6 Å². The fraction of sp³-hybridized carbons (Fsp3) is 0.207. The van der Waals surface area contributed by atoms with Crippen LogP contribution in [0.2, 0.25) is 0 Å². The predicted octanol–water partition coefficient (Wildman–Crippen LogP) is 7.59. The van der Waals surface area contributed by atoms with Gasteiger partial charge in [-0.1, -0.05) is 53.6 Å². The summed E-state index contributed by atoms with van der Waals surface area (Å²) >= 11 is 3.41. The van der Waals surface area contributed by atoms with Crippen LogP contribution in [0.15, 0.2) is 74.3 Å². The Morgan fingerprint density at radius 3 is 2.43 bits per heavy atom. The number of unbranched alkanes of at least 4 members (excludes halogenated alkanes) is 1. The highest BCUT2D eigenvalue weighted by Gasteiger charge is 2.17. The van der Waals surface area contributed by atoms with E-state index >= 15 is 0 Å². The highest BCUT2D eigenvalue weighted by Crippen LogP contribution is 2.38. The molecular weight excluding hydrogens is 508 g/mol. The summed E-state index contributed by atoms with van der Waals surface area (Å²) in [6, 6.07) is 18.5. The summed E-state index contributed by atoms with van der Waals surface area (Å²) in [7, 11) is 3.19. The lowest BCUT2D eigenvalue weighted by Gasteiger charge is -2.14. The molecule has 3 aromatic carbocycles. The number of hydrogen-bond acceptors (Lipinski definition) is 5. The second kappa shape index (κ2) is 11.3. The van der Waals surface area contributed by atoms with Gasteiger partial charge in [-0.15, -0.1) is 0 Å². The first-order chi connectivity index (χ1) is 17.0. The van der Waals surface area contributed by atoms with Crippen molar-refractivity contribution in [1.29, 1.82) is 0 Å². The molecule has 6 heteroatoms. The van der Waals surface area contributed by atoms with E-state index in [0.717, 1.165) is 34.2 Å². The average molecular weight is 535 g/mol. The van der Waals surface area contributed by atoms with Crippen LogP contribution in [0, 0.1) is 0 Å². The maximum absolute atomic E-state index is 12.9. The average Bonchev–Trinajstić information content (AvgIpc) is 2.88. The molecule has 1 heterocycles. The second-order valence-corrected chi connectivity index (χ2v) is 8.93. The van der Waals surface area contributed by atoms with Gasteiger partial charge in [-0.25, -0.2) is 0 Å². The summed E-state index contributed by atoms with van der Waals surface area (Å²) in [4.78, 5) is 12.9. The van der Waals surface area contributed by atoms with Crippen LogP contribution in [-0.2, 0) is 0 Å². The largest absolute Gasteiger partial charge is 0.497 e. The molecule has 1 aromatic heterocycles. The number of fused-ring (bicyclic) bond motifs is 1. The van der Waals surface area contributed by atoms with Crippen molar-refractivity contribution in [2.24, 2.45) is 0 Å². The van der Waals surface area contributed by atoms with Gasteiger partial charge < -0.3 is 18.6 Å². The number of halogens is 1. The van der Waals surface area contributed by atoms with Crippen LogP contribution in [0.25, 0.3) is 34.4 Å². The van der Waals surface area contributed by atoms with Crippen molar-refractivity contribution in [3.8, 4) is 28.6 Å². The maximum Gasteiger partial charge on any atom is 0.193 e. The number of methoxy groups -OCH3 is 2. The zero-order valence-corrected chi connectivity index (χ0v) is 21.6. The van der Waals surface area contributed by atoms with Crippen LogP contribution >= 0.6 is 15.9 Å². The van der Waals surface area contributed by atoms with Gasteiger partial charge in [0.25, 0.3) is 0 Å². The lowest BCUT2D eigenvalue weighted by Crippen LogP contribution is -2.02. The third kappa shape index (κ3) is 5.77. The van der Waals surface area contributed by atoms with Gasteiger partial charge >= 0.3 is 0 Å². The van der Waals surface area contributed by atoms with Gasteiger partial charge in [0, 0.05) is 16.6 Å². The molecule has 0 spiro atoms. The molecule has 0 N–H and O–H groups in total. The molecule has 0 aliphatic heterocycles. The molecule has 0 fully saturated rings. The Bertz CT molecular complexity index is 1400. The monoisotopic (exact) mass is 534 g/mol. The molecule has 5 nitrogen and oxygen atoms in total. The molecule has 0 saturated heterocycles. The standard InChI is InChI=1S/C29H27BrO5/c1-4-5-14-34-22-11-7-19(8-12-22)6-9-20-15-23(32-2)17-27(33-3)29(20)28-18-25(31)24-16-21(30)10-13-26(24)35-28/h6-13,15-18H,4-5,14H2,1-3H3. The molecule has 0 atom stereocenters. The van der Waals surface area contributed by atoms with Crippen molar-refractivity contribution >= 4 is 39.1 Å². The van der Waals surface area contributed by atoms with Gasteiger partial charge in [0.15, 0.2) is 5.43 Å². The number of hydrogen-bond donors (Lipinski definition) is 0. The van der Waals surface area contributed by atoms with E-state index in [1.54, 1.807) is 32.4 Å². The van der Waals surface area contributed by atoms with E-state index in [0.29, 0.717) is 40.4 Å². The Morgan fingerprint density at radius 1 is 0.914 bits per heavy atom. The molecule has 0 aliphatic carbocycles. The summed E-state index contributed by atoms with van der Waals surface area (Å²) in [6.45, 7) is 2.85. The summed E-state index contributed by atoms with van der Waals surface area (Å²) < 4.78 is 23.9. The minimum absolute atomic E-state index is 0.131. The first-order valence-corrected chi connectivity index (χ1v) is 12.2. The first-order valence-electron chi connectivity index (χ1n) is 11.4. The van der Waals surface area contributed by atoms with E-state index in [-0.39, 0.29) is 5.43 Å². The second-order valence-electron chi connectivity index (χ2n) is 8.01. The summed E-state index contributed by atoms with van der Waals surface area (Å²) in [5, 5.41) is 0.508. The fourth-order valence-corrected chi connectivity index (χ4v) is 4.09. The van der Waals surface area contributed by atoms with Crippen LogP contribution in [0.3, 0.4) is 0 Å².